The molecule has 6 heteroatoms. The number of Topliss-reactive ketones (excluding diaryl/α,β-unsaturated/α-hetero) is 1. The smallest absolute Gasteiger partial charge is 0.375 e. The maximum atomic E-state index is 12.7. The molecule has 2 heterocycles. The Balaban J connectivity index is 1.59. The van der Waals surface area contributed by atoms with Crippen LogP contribution in [0.25, 0.3) is 21.9 Å². The number of H-pyrrole nitrogens is 1. The molecule has 0 saturated carbocycles. The van der Waals surface area contributed by atoms with Crippen molar-refractivity contribution < 1.29 is 18.7 Å². The van der Waals surface area contributed by atoms with Crippen molar-refractivity contribution in [3.8, 4) is 0 Å². The third-order valence-electron chi connectivity index (χ3n) is 4.34. The highest BCUT2D eigenvalue weighted by Crippen LogP contribution is 2.20. The molecule has 134 valence electrons. The molecule has 0 aliphatic carbocycles. The Morgan fingerprint density at radius 2 is 1.74 bits per heavy atom. The SMILES string of the molecule is C[C@H](OC(=O)c1cc(=O)c2ccccc2o1)C(=O)c1c[nH]c2ccccc12. The lowest BCUT2D eigenvalue weighted by Crippen LogP contribution is -2.24. The van der Waals surface area contributed by atoms with E-state index in [1.165, 1.54) is 6.92 Å². The lowest BCUT2D eigenvalue weighted by atomic mass is 10.1. The summed E-state index contributed by atoms with van der Waals surface area (Å²) in [5.41, 5.74) is 1.19. The van der Waals surface area contributed by atoms with E-state index in [1.807, 2.05) is 24.3 Å². The van der Waals surface area contributed by atoms with Gasteiger partial charge in [0.1, 0.15) is 5.58 Å². The fraction of sp³-hybridized carbons (Fsp3) is 0.0952. The molecular formula is C21H15NO5. The molecule has 1 atom stereocenters. The molecule has 0 bridgehead atoms. The first kappa shape index (κ1) is 16.8. The zero-order chi connectivity index (χ0) is 19.0. The number of esters is 1. The minimum absolute atomic E-state index is 0.239. The predicted octanol–water partition coefficient (Wildman–Crippen LogP) is 3.70. The van der Waals surface area contributed by atoms with E-state index in [4.69, 9.17) is 9.15 Å². The van der Waals surface area contributed by atoms with E-state index in [9.17, 15) is 14.4 Å². The number of hydrogen-bond donors (Lipinski definition) is 1. The fourth-order valence-electron chi connectivity index (χ4n) is 2.97. The van der Waals surface area contributed by atoms with Gasteiger partial charge in [-0.1, -0.05) is 30.3 Å². The molecule has 6 nitrogen and oxygen atoms in total. The summed E-state index contributed by atoms with van der Waals surface area (Å²) in [6.45, 7) is 1.49. The Hall–Kier alpha value is -3.67. The molecule has 0 aliphatic rings. The quantitative estimate of drug-likeness (QED) is 0.442. The molecular weight excluding hydrogens is 346 g/mol. The summed E-state index contributed by atoms with van der Waals surface area (Å²) in [5.74, 6) is -1.44. The van der Waals surface area contributed by atoms with Crippen molar-refractivity contribution in [1.82, 2.24) is 4.98 Å². The van der Waals surface area contributed by atoms with Gasteiger partial charge in [0, 0.05) is 28.7 Å². The van der Waals surface area contributed by atoms with Gasteiger partial charge in [-0.3, -0.25) is 9.59 Å². The molecule has 2 aromatic carbocycles. The minimum Gasteiger partial charge on any atom is -0.449 e. The fourth-order valence-corrected chi connectivity index (χ4v) is 2.97. The molecule has 4 rings (SSSR count). The van der Waals surface area contributed by atoms with Gasteiger partial charge < -0.3 is 14.1 Å². The number of fused-ring (bicyclic) bond motifs is 2. The summed E-state index contributed by atoms with van der Waals surface area (Å²) in [5, 5.41) is 1.12. The van der Waals surface area contributed by atoms with Gasteiger partial charge in [-0.05, 0) is 25.1 Å². The number of aromatic amines is 1. The minimum atomic E-state index is -1.03. The molecule has 0 aliphatic heterocycles. The third kappa shape index (κ3) is 3.01. The average molecular weight is 361 g/mol. The zero-order valence-electron chi connectivity index (χ0n) is 14.4. The first-order chi connectivity index (χ1) is 13.0. The van der Waals surface area contributed by atoms with E-state index in [0.29, 0.717) is 10.9 Å². The van der Waals surface area contributed by atoms with Crippen LogP contribution in [0, 0.1) is 0 Å². The summed E-state index contributed by atoms with van der Waals surface area (Å²) < 4.78 is 10.7. The van der Waals surface area contributed by atoms with E-state index < -0.39 is 12.1 Å². The van der Waals surface area contributed by atoms with Gasteiger partial charge >= 0.3 is 5.97 Å². The largest absolute Gasteiger partial charge is 0.449 e. The maximum Gasteiger partial charge on any atom is 0.375 e. The summed E-state index contributed by atoms with van der Waals surface area (Å²) in [7, 11) is 0. The van der Waals surface area contributed by atoms with Crippen molar-refractivity contribution in [3.63, 3.8) is 0 Å². The Morgan fingerprint density at radius 1 is 1.04 bits per heavy atom. The van der Waals surface area contributed by atoms with Gasteiger partial charge in [-0.2, -0.15) is 0 Å². The van der Waals surface area contributed by atoms with Crippen molar-refractivity contribution >= 4 is 33.6 Å². The number of hydrogen-bond acceptors (Lipinski definition) is 5. The number of aromatic nitrogens is 1. The Bertz CT molecular complexity index is 1230. The molecule has 4 aromatic rings. The van der Waals surface area contributed by atoms with Crippen LogP contribution in [0.4, 0.5) is 0 Å². The van der Waals surface area contributed by atoms with Crippen LogP contribution in [0.15, 0.2) is 70.0 Å². The van der Waals surface area contributed by atoms with Crippen LogP contribution in [0.2, 0.25) is 0 Å². The van der Waals surface area contributed by atoms with E-state index in [2.05, 4.69) is 4.98 Å². The molecule has 2 aromatic heterocycles. The highest BCUT2D eigenvalue weighted by molar-refractivity contribution is 6.10. The van der Waals surface area contributed by atoms with E-state index in [-0.39, 0.29) is 22.6 Å². The Kier molecular flexibility index (Phi) is 4.08. The van der Waals surface area contributed by atoms with Gasteiger partial charge in [0.15, 0.2) is 11.5 Å². The zero-order valence-corrected chi connectivity index (χ0v) is 14.4. The standard InChI is InChI=1S/C21H15NO5/c1-12(20(24)15-11-22-16-8-4-2-6-13(15)16)26-21(25)19-10-17(23)14-7-3-5-9-18(14)27-19/h2-12,22H,1H3/t12-/m0/s1. The Labute approximate surface area is 153 Å². The summed E-state index contributed by atoms with van der Waals surface area (Å²) >= 11 is 0. The lowest BCUT2D eigenvalue weighted by Gasteiger charge is -2.11. The van der Waals surface area contributed by atoms with Crippen molar-refractivity contribution in [2.24, 2.45) is 0 Å². The highest BCUT2D eigenvalue weighted by Gasteiger charge is 2.24. The van der Waals surface area contributed by atoms with Crippen molar-refractivity contribution in [1.29, 1.82) is 0 Å². The van der Waals surface area contributed by atoms with Gasteiger partial charge in [0.05, 0.1) is 5.39 Å². The van der Waals surface area contributed by atoms with Gasteiger partial charge in [-0.25, -0.2) is 4.79 Å². The van der Waals surface area contributed by atoms with Crippen molar-refractivity contribution in [3.05, 3.63) is 82.3 Å². The second-order valence-corrected chi connectivity index (χ2v) is 6.13. The van der Waals surface area contributed by atoms with E-state index >= 15 is 0 Å². The van der Waals surface area contributed by atoms with Crippen molar-refractivity contribution in [2.45, 2.75) is 13.0 Å². The molecule has 0 amide bonds. The number of carbonyl (C=O) groups is 2. The highest BCUT2D eigenvalue weighted by atomic mass is 16.6. The van der Waals surface area contributed by atoms with E-state index in [0.717, 1.165) is 17.0 Å². The average Bonchev–Trinajstić information content (AvgIpc) is 3.11. The van der Waals surface area contributed by atoms with Crippen LogP contribution >= 0.6 is 0 Å². The monoisotopic (exact) mass is 361 g/mol. The number of ketones is 1. The number of carbonyl (C=O) groups excluding carboxylic acids is 2. The maximum absolute atomic E-state index is 12.7. The molecule has 0 radical (unpaired) electrons. The summed E-state index contributed by atoms with van der Waals surface area (Å²) in [6, 6.07) is 15.0. The van der Waals surface area contributed by atoms with Crippen molar-refractivity contribution in [2.75, 3.05) is 0 Å². The predicted molar refractivity (Wildman–Crippen MR) is 100.0 cm³/mol. The molecule has 0 spiro atoms. The Morgan fingerprint density at radius 3 is 2.56 bits per heavy atom. The first-order valence-electron chi connectivity index (χ1n) is 8.39. The second kappa shape index (κ2) is 6.57. The number of para-hydroxylation sites is 2. The second-order valence-electron chi connectivity index (χ2n) is 6.13. The molecule has 0 saturated heterocycles. The molecule has 0 fully saturated rings. The van der Waals surface area contributed by atoms with Crippen LogP contribution in [0.3, 0.4) is 0 Å². The van der Waals surface area contributed by atoms with Crippen LogP contribution in [0.1, 0.15) is 27.8 Å². The normalized spacial score (nSPS) is 12.2. The summed E-state index contributed by atoms with van der Waals surface area (Å²) in [4.78, 5) is 40.2. The van der Waals surface area contributed by atoms with Crippen LogP contribution in [-0.4, -0.2) is 22.8 Å². The topological polar surface area (TPSA) is 89.4 Å². The van der Waals surface area contributed by atoms with Gasteiger partial charge in [0.2, 0.25) is 11.5 Å². The third-order valence-corrected chi connectivity index (χ3v) is 4.34. The number of rotatable bonds is 4. The molecule has 27 heavy (non-hydrogen) atoms. The van der Waals surface area contributed by atoms with Gasteiger partial charge in [0.25, 0.3) is 0 Å². The van der Waals surface area contributed by atoms with Gasteiger partial charge in [-0.15, -0.1) is 0 Å². The molecule has 0 unspecified atom stereocenters. The van der Waals surface area contributed by atoms with Crippen LogP contribution in [0.5, 0.6) is 0 Å². The lowest BCUT2D eigenvalue weighted by molar-refractivity contribution is 0.0290. The van der Waals surface area contributed by atoms with Crippen LogP contribution < -0.4 is 5.43 Å². The first-order valence-corrected chi connectivity index (χ1v) is 8.39. The number of ether oxygens (including phenoxy) is 1. The number of nitrogens with one attached hydrogen (secondary N) is 1. The van der Waals surface area contributed by atoms with E-state index in [1.54, 1.807) is 30.5 Å². The van der Waals surface area contributed by atoms with Crippen LogP contribution in [-0.2, 0) is 4.74 Å². The molecule has 1 N–H and O–H groups in total. The summed E-state index contributed by atoms with van der Waals surface area (Å²) in [6.07, 6.45) is 0.557. The number of benzene rings is 2.